The number of carbonyl (C=O) groups is 1. The van der Waals surface area contributed by atoms with Crippen molar-refractivity contribution in [3.63, 3.8) is 0 Å². The standard InChI is InChI=1S/C11H17NO/c1-3-5-6-8-12-10(7-4-2)9-11(12)13/h3-4,10H,1-2,5-9H2. The molecule has 1 amide bonds. The van der Waals surface area contributed by atoms with Gasteiger partial charge in [0.05, 0.1) is 0 Å². The van der Waals surface area contributed by atoms with E-state index in [0.29, 0.717) is 12.5 Å². The first-order chi connectivity index (χ1) is 6.29. The van der Waals surface area contributed by atoms with Crippen molar-refractivity contribution in [2.24, 2.45) is 0 Å². The van der Waals surface area contributed by atoms with Crippen LogP contribution in [0.4, 0.5) is 0 Å². The molecular formula is C11H17NO. The number of amides is 1. The predicted octanol–water partition coefficient (Wildman–Crippen LogP) is 2.13. The van der Waals surface area contributed by atoms with Crippen LogP contribution >= 0.6 is 0 Å². The Kier molecular flexibility index (Phi) is 3.74. The van der Waals surface area contributed by atoms with E-state index in [9.17, 15) is 4.79 Å². The zero-order valence-corrected chi connectivity index (χ0v) is 8.04. The molecule has 1 aliphatic rings. The summed E-state index contributed by atoms with van der Waals surface area (Å²) in [6.45, 7) is 8.22. The smallest absolute Gasteiger partial charge is 0.224 e. The van der Waals surface area contributed by atoms with Crippen LogP contribution in [0.15, 0.2) is 25.3 Å². The average Bonchev–Trinajstić information content (AvgIpc) is 2.12. The van der Waals surface area contributed by atoms with E-state index in [4.69, 9.17) is 0 Å². The Morgan fingerprint density at radius 3 is 2.77 bits per heavy atom. The summed E-state index contributed by atoms with van der Waals surface area (Å²) >= 11 is 0. The van der Waals surface area contributed by atoms with Crippen molar-refractivity contribution in [2.75, 3.05) is 6.54 Å². The number of hydrogen-bond acceptors (Lipinski definition) is 1. The Bertz CT molecular complexity index is 208. The van der Waals surface area contributed by atoms with E-state index >= 15 is 0 Å². The maximum Gasteiger partial charge on any atom is 0.224 e. The van der Waals surface area contributed by atoms with E-state index in [0.717, 1.165) is 25.8 Å². The molecule has 0 bridgehead atoms. The van der Waals surface area contributed by atoms with E-state index < -0.39 is 0 Å². The van der Waals surface area contributed by atoms with Crippen LogP contribution in [0.1, 0.15) is 25.7 Å². The summed E-state index contributed by atoms with van der Waals surface area (Å²) < 4.78 is 0. The van der Waals surface area contributed by atoms with Gasteiger partial charge in [-0.2, -0.15) is 0 Å². The SMILES string of the molecule is C=CCCCN1C(=O)CC1CC=C. The Labute approximate surface area is 79.9 Å². The zero-order valence-electron chi connectivity index (χ0n) is 8.04. The molecule has 1 fully saturated rings. The highest BCUT2D eigenvalue weighted by Gasteiger charge is 2.33. The van der Waals surface area contributed by atoms with E-state index in [1.807, 2.05) is 17.1 Å². The summed E-state index contributed by atoms with van der Waals surface area (Å²) in [6.07, 6.45) is 7.44. The highest BCUT2D eigenvalue weighted by Crippen LogP contribution is 2.22. The zero-order chi connectivity index (χ0) is 9.68. The summed E-state index contributed by atoms with van der Waals surface area (Å²) in [5, 5.41) is 0. The molecule has 0 aromatic heterocycles. The quantitative estimate of drug-likeness (QED) is 0.347. The first kappa shape index (κ1) is 10.0. The van der Waals surface area contributed by atoms with Crippen LogP contribution < -0.4 is 0 Å². The fraction of sp³-hybridized carbons (Fsp3) is 0.545. The van der Waals surface area contributed by atoms with Crippen LogP contribution in [0.5, 0.6) is 0 Å². The molecule has 2 nitrogen and oxygen atoms in total. The fourth-order valence-corrected chi connectivity index (χ4v) is 1.64. The number of nitrogens with zero attached hydrogens (tertiary/aromatic N) is 1. The third-order valence-electron chi connectivity index (χ3n) is 2.42. The minimum atomic E-state index is 0.288. The molecule has 1 heterocycles. The molecule has 0 aliphatic carbocycles. The van der Waals surface area contributed by atoms with Gasteiger partial charge in [-0.25, -0.2) is 0 Å². The number of rotatable bonds is 6. The highest BCUT2D eigenvalue weighted by molar-refractivity contribution is 5.83. The van der Waals surface area contributed by atoms with Crippen molar-refractivity contribution in [3.8, 4) is 0 Å². The normalized spacial score (nSPS) is 21.1. The number of likely N-dealkylation sites (tertiary alicyclic amines) is 1. The van der Waals surface area contributed by atoms with Crippen molar-refractivity contribution < 1.29 is 4.79 Å². The number of hydrogen-bond donors (Lipinski definition) is 0. The molecule has 1 atom stereocenters. The number of unbranched alkanes of at least 4 members (excludes halogenated alkanes) is 1. The van der Waals surface area contributed by atoms with Gasteiger partial charge in [0.15, 0.2) is 0 Å². The summed E-state index contributed by atoms with van der Waals surface area (Å²) in [5.41, 5.74) is 0. The van der Waals surface area contributed by atoms with Crippen molar-refractivity contribution in [2.45, 2.75) is 31.7 Å². The largest absolute Gasteiger partial charge is 0.339 e. The lowest BCUT2D eigenvalue weighted by molar-refractivity contribution is -0.145. The Balaban J connectivity index is 2.25. The second-order valence-electron chi connectivity index (χ2n) is 3.40. The molecule has 1 saturated heterocycles. The van der Waals surface area contributed by atoms with Crippen molar-refractivity contribution >= 4 is 5.91 Å². The van der Waals surface area contributed by atoms with Gasteiger partial charge in [0.1, 0.15) is 0 Å². The minimum absolute atomic E-state index is 0.288. The lowest BCUT2D eigenvalue weighted by Crippen LogP contribution is -2.52. The van der Waals surface area contributed by atoms with Crippen LogP contribution in [0.2, 0.25) is 0 Å². The molecule has 0 aromatic carbocycles. The maximum absolute atomic E-state index is 11.2. The maximum atomic E-state index is 11.2. The first-order valence-electron chi connectivity index (χ1n) is 4.81. The van der Waals surface area contributed by atoms with Crippen LogP contribution in [0.25, 0.3) is 0 Å². The van der Waals surface area contributed by atoms with E-state index in [2.05, 4.69) is 13.2 Å². The van der Waals surface area contributed by atoms with Crippen LogP contribution in [-0.2, 0) is 4.79 Å². The summed E-state index contributed by atoms with van der Waals surface area (Å²) in [7, 11) is 0. The average molecular weight is 179 g/mol. The lowest BCUT2D eigenvalue weighted by Gasteiger charge is -2.40. The first-order valence-corrected chi connectivity index (χ1v) is 4.81. The second kappa shape index (κ2) is 4.85. The molecule has 1 rings (SSSR count). The molecule has 0 spiro atoms. The van der Waals surface area contributed by atoms with Gasteiger partial charge in [-0.1, -0.05) is 12.2 Å². The number of β-lactam (4-membered cyclic amide) rings is 1. The third kappa shape index (κ3) is 2.44. The van der Waals surface area contributed by atoms with E-state index in [1.54, 1.807) is 0 Å². The van der Waals surface area contributed by atoms with Crippen LogP contribution in [0.3, 0.4) is 0 Å². The molecule has 0 N–H and O–H groups in total. The second-order valence-corrected chi connectivity index (χ2v) is 3.40. The molecule has 0 radical (unpaired) electrons. The molecular weight excluding hydrogens is 162 g/mol. The minimum Gasteiger partial charge on any atom is -0.339 e. The van der Waals surface area contributed by atoms with Crippen molar-refractivity contribution in [1.82, 2.24) is 4.90 Å². The molecule has 0 aromatic rings. The molecule has 2 heteroatoms. The Hall–Kier alpha value is -1.05. The van der Waals surface area contributed by atoms with Crippen LogP contribution in [-0.4, -0.2) is 23.4 Å². The van der Waals surface area contributed by atoms with E-state index in [-0.39, 0.29) is 5.91 Å². The summed E-state index contributed by atoms with van der Waals surface area (Å²) in [6, 6.07) is 0.426. The highest BCUT2D eigenvalue weighted by atomic mass is 16.2. The van der Waals surface area contributed by atoms with Gasteiger partial charge < -0.3 is 4.90 Å². The van der Waals surface area contributed by atoms with Gasteiger partial charge in [-0.3, -0.25) is 4.79 Å². The molecule has 0 saturated carbocycles. The number of carbonyl (C=O) groups excluding carboxylic acids is 1. The van der Waals surface area contributed by atoms with Gasteiger partial charge in [0.2, 0.25) is 5.91 Å². The van der Waals surface area contributed by atoms with E-state index in [1.165, 1.54) is 0 Å². The molecule has 1 unspecified atom stereocenters. The fourth-order valence-electron chi connectivity index (χ4n) is 1.64. The third-order valence-corrected chi connectivity index (χ3v) is 2.42. The van der Waals surface area contributed by atoms with Gasteiger partial charge >= 0.3 is 0 Å². The number of allylic oxidation sites excluding steroid dienone is 1. The summed E-state index contributed by atoms with van der Waals surface area (Å²) in [5.74, 6) is 0.288. The lowest BCUT2D eigenvalue weighted by atomic mass is 9.98. The topological polar surface area (TPSA) is 20.3 Å². The van der Waals surface area contributed by atoms with Crippen LogP contribution in [0, 0.1) is 0 Å². The molecule has 72 valence electrons. The van der Waals surface area contributed by atoms with Crippen molar-refractivity contribution in [1.29, 1.82) is 0 Å². The van der Waals surface area contributed by atoms with Gasteiger partial charge in [-0.15, -0.1) is 13.2 Å². The Morgan fingerprint density at radius 1 is 1.46 bits per heavy atom. The Morgan fingerprint density at radius 2 is 2.23 bits per heavy atom. The molecule has 1 aliphatic heterocycles. The predicted molar refractivity (Wildman–Crippen MR) is 54.4 cm³/mol. The molecule has 13 heavy (non-hydrogen) atoms. The van der Waals surface area contributed by atoms with Gasteiger partial charge in [-0.05, 0) is 19.3 Å². The summed E-state index contributed by atoms with van der Waals surface area (Å²) in [4.78, 5) is 13.1. The monoisotopic (exact) mass is 179 g/mol. The van der Waals surface area contributed by atoms with Gasteiger partial charge in [0, 0.05) is 19.0 Å². The van der Waals surface area contributed by atoms with Crippen molar-refractivity contribution in [3.05, 3.63) is 25.3 Å². The van der Waals surface area contributed by atoms with Gasteiger partial charge in [0.25, 0.3) is 0 Å².